The van der Waals surface area contributed by atoms with Gasteiger partial charge in [0.25, 0.3) is 0 Å². The molecule has 0 saturated carbocycles. The fourth-order valence-electron chi connectivity index (χ4n) is 2.75. The molecule has 0 aliphatic carbocycles. The summed E-state index contributed by atoms with van der Waals surface area (Å²) in [4.78, 5) is 29.3. The van der Waals surface area contributed by atoms with E-state index in [9.17, 15) is 9.59 Å². The van der Waals surface area contributed by atoms with Crippen LogP contribution in [-0.2, 0) is 11.3 Å². The van der Waals surface area contributed by atoms with Crippen molar-refractivity contribution in [2.24, 2.45) is 10.7 Å². The van der Waals surface area contributed by atoms with E-state index in [0.29, 0.717) is 18.5 Å². The summed E-state index contributed by atoms with van der Waals surface area (Å²) >= 11 is 0. The molecule has 1 aliphatic heterocycles. The monoisotopic (exact) mass is 345 g/mol. The molecule has 7 nitrogen and oxygen atoms in total. The van der Waals surface area contributed by atoms with Crippen LogP contribution >= 0.6 is 0 Å². The van der Waals surface area contributed by atoms with Crippen molar-refractivity contribution in [3.8, 4) is 0 Å². The summed E-state index contributed by atoms with van der Waals surface area (Å²) in [5, 5.41) is 6.47. The highest BCUT2D eigenvalue weighted by molar-refractivity contribution is 5.92. The molecule has 1 heterocycles. The second kappa shape index (κ2) is 9.66. The molecule has 2 amide bonds. The maximum atomic E-state index is 11.6. The van der Waals surface area contributed by atoms with Gasteiger partial charge in [-0.1, -0.05) is 12.1 Å². The number of amides is 2. The Morgan fingerprint density at radius 1 is 1.36 bits per heavy atom. The number of aliphatic imine (C=N–C) groups is 1. The number of hydrogen-bond donors (Lipinski definition) is 3. The van der Waals surface area contributed by atoms with E-state index in [1.54, 1.807) is 18.2 Å². The predicted octanol–water partition coefficient (Wildman–Crippen LogP) is 0.853. The van der Waals surface area contributed by atoms with Gasteiger partial charge < -0.3 is 21.3 Å². The first-order chi connectivity index (χ1) is 12.1. The number of carbonyl (C=O) groups excluding carboxylic acids is 2. The zero-order valence-electron chi connectivity index (χ0n) is 14.8. The number of nitrogens with two attached hydrogens (primary N) is 1. The summed E-state index contributed by atoms with van der Waals surface area (Å²) in [7, 11) is 0. The smallest absolute Gasteiger partial charge is 0.248 e. The highest BCUT2D eigenvalue weighted by Gasteiger charge is 2.18. The van der Waals surface area contributed by atoms with Gasteiger partial charge in [-0.3, -0.25) is 9.59 Å². The van der Waals surface area contributed by atoms with E-state index in [-0.39, 0.29) is 5.91 Å². The van der Waals surface area contributed by atoms with Crippen molar-refractivity contribution < 1.29 is 9.59 Å². The van der Waals surface area contributed by atoms with Crippen molar-refractivity contribution in [1.82, 2.24) is 15.5 Å². The minimum Gasteiger partial charge on any atom is -0.366 e. The summed E-state index contributed by atoms with van der Waals surface area (Å²) in [6.07, 6.45) is 2.54. The van der Waals surface area contributed by atoms with Gasteiger partial charge in [0.15, 0.2) is 5.96 Å². The fourth-order valence-corrected chi connectivity index (χ4v) is 2.75. The van der Waals surface area contributed by atoms with Crippen LogP contribution in [0.5, 0.6) is 0 Å². The van der Waals surface area contributed by atoms with Gasteiger partial charge in [-0.2, -0.15) is 0 Å². The Kier molecular flexibility index (Phi) is 7.25. The molecule has 0 aromatic heterocycles. The van der Waals surface area contributed by atoms with Crippen LogP contribution in [0, 0.1) is 0 Å². The predicted molar refractivity (Wildman–Crippen MR) is 98.2 cm³/mol. The molecule has 0 radical (unpaired) electrons. The zero-order chi connectivity index (χ0) is 18.1. The third-order valence-electron chi connectivity index (χ3n) is 4.04. The number of primary amides is 1. The number of nitrogens with one attached hydrogen (secondary N) is 2. The van der Waals surface area contributed by atoms with E-state index in [2.05, 4.69) is 15.6 Å². The number of hydrogen-bond acceptors (Lipinski definition) is 3. The third-order valence-corrected chi connectivity index (χ3v) is 4.04. The van der Waals surface area contributed by atoms with E-state index in [0.717, 1.165) is 50.5 Å². The minimum atomic E-state index is -0.438. The molecule has 1 aromatic rings. The lowest BCUT2D eigenvalue weighted by Gasteiger charge is -2.16. The molecule has 0 unspecified atom stereocenters. The number of carbonyl (C=O) groups is 2. The Balaban J connectivity index is 1.82. The maximum absolute atomic E-state index is 11.6. The maximum Gasteiger partial charge on any atom is 0.248 e. The Morgan fingerprint density at radius 2 is 2.20 bits per heavy atom. The van der Waals surface area contributed by atoms with Crippen LogP contribution in [0.1, 0.15) is 42.1 Å². The molecular formula is C18H27N5O2. The van der Waals surface area contributed by atoms with Crippen LogP contribution in [0.2, 0.25) is 0 Å². The van der Waals surface area contributed by atoms with E-state index in [4.69, 9.17) is 5.73 Å². The summed E-state index contributed by atoms with van der Waals surface area (Å²) < 4.78 is 0. The first-order valence-corrected chi connectivity index (χ1v) is 8.79. The number of likely N-dealkylation sites (tertiary alicyclic amines) is 1. The summed E-state index contributed by atoms with van der Waals surface area (Å²) in [5.41, 5.74) is 6.72. The second-order valence-electron chi connectivity index (χ2n) is 6.02. The van der Waals surface area contributed by atoms with Crippen LogP contribution in [0.4, 0.5) is 0 Å². The minimum absolute atomic E-state index is 0.259. The highest BCUT2D eigenvalue weighted by Crippen LogP contribution is 2.09. The van der Waals surface area contributed by atoms with Crippen molar-refractivity contribution in [2.45, 2.75) is 32.7 Å². The van der Waals surface area contributed by atoms with Crippen molar-refractivity contribution in [3.63, 3.8) is 0 Å². The average Bonchev–Trinajstić information content (AvgIpc) is 3.01. The van der Waals surface area contributed by atoms with Crippen LogP contribution < -0.4 is 16.4 Å². The van der Waals surface area contributed by atoms with Crippen molar-refractivity contribution in [1.29, 1.82) is 0 Å². The van der Waals surface area contributed by atoms with Gasteiger partial charge in [-0.15, -0.1) is 0 Å². The molecule has 136 valence electrons. The Morgan fingerprint density at radius 3 is 2.88 bits per heavy atom. The van der Waals surface area contributed by atoms with Gasteiger partial charge in [0, 0.05) is 38.2 Å². The van der Waals surface area contributed by atoms with Gasteiger partial charge in [-0.25, -0.2) is 4.99 Å². The average molecular weight is 345 g/mol. The molecule has 1 aliphatic rings. The fraction of sp³-hybridized carbons (Fsp3) is 0.500. The molecule has 1 saturated heterocycles. The van der Waals surface area contributed by atoms with E-state index < -0.39 is 5.91 Å². The van der Waals surface area contributed by atoms with Crippen molar-refractivity contribution >= 4 is 17.8 Å². The molecule has 4 N–H and O–H groups in total. The number of nitrogens with zero attached hydrogens (tertiary/aromatic N) is 2. The first kappa shape index (κ1) is 18.8. The molecule has 0 spiro atoms. The molecule has 2 rings (SSSR count). The van der Waals surface area contributed by atoms with Crippen molar-refractivity contribution in [2.75, 3.05) is 26.2 Å². The molecule has 1 fully saturated rings. The largest absolute Gasteiger partial charge is 0.366 e. The van der Waals surface area contributed by atoms with Gasteiger partial charge in [-0.05, 0) is 37.5 Å². The Hall–Kier alpha value is -2.57. The molecule has 0 bridgehead atoms. The summed E-state index contributed by atoms with van der Waals surface area (Å²) in [6.45, 7) is 5.64. The normalized spacial score (nSPS) is 14.7. The molecule has 7 heteroatoms. The Labute approximate surface area is 148 Å². The summed E-state index contributed by atoms with van der Waals surface area (Å²) in [6, 6.07) is 7.17. The van der Waals surface area contributed by atoms with Gasteiger partial charge in [0.1, 0.15) is 0 Å². The van der Waals surface area contributed by atoms with Crippen molar-refractivity contribution in [3.05, 3.63) is 35.4 Å². The lowest BCUT2D eigenvalue weighted by atomic mass is 10.1. The van der Waals surface area contributed by atoms with Crippen LogP contribution in [0.3, 0.4) is 0 Å². The van der Waals surface area contributed by atoms with Gasteiger partial charge in [0.05, 0.1) is 6.54 Å². The van der Waals surface area contributed by atoms with Crippen LogP contribution in [0.25, 0.3) is 0 Å². The van der Waals surface area contributed by atoms with E-state index in [1.165, 1.54) is 0 Å². The first-order valence-electron chi connectivity index (χ1n) is 8.79. The van der Waals surface area contributed by atoms with Gasteiger partial charge in [0.2, 0.25) is 11.8 Å². The van der Waals surface area contributed by atoms with Crippen LogP contribution in [0.15, 0.2) is 29.3 Å². The molecule has 1 aromatic carbocycles. The quantitative estimate of drug-likeness (QED) is 0.369. The Bertz CT molecular complexity index is 630. The number of benzene rings is 1. The molecule has 25 heavy (non-hydrogen) atoms. The topological polar surface area (TPSA) is 99.8 Å². The SMILES string of the molecule is CCNC(=NCc1cccc(C(N)=O)c1)NCCCN1CCCC1=O. The van der Waals surface area contributed by atoms with E-state index >= 15 is 0 Å². The second-order valence-corrected chi connectivity index (χ2v) is 6.02. The molecule has 0 atom stereocenters. The third kappa shape index (κ3) is 6.10. The number of guanidine groups is 1. The van der Waals surface area contributed by atoms with Crippen LogP contribution in [-0.4, -0.2) is 48.9 Å². The van der Waals surface area contributed by atoms with E-state index in [1.807, 2.05) is 17.9 Å². The zero-order valence-corrected chi connectivity index (χ0v) is 14.8. The van der Waals surface area contributed by atoms with Gasteiger partial charge >= 0.3 is 0 Å². The number of rotatable bonds is 8. The lowest BCUT2D eigenvalue weighted by molar-refractivity contribution is -0.127. The highest BCUT2D eigenvalue weighted by atomic mass is 16.2. The lowest BCUT2D eigenvalue weighted by Crippen LogP contribution is -2.39. The summed E-state index contributed by atoms with van der Waals surface area (Å²) in [5.74, 6) is 0.543. The molecular weight excluding hydrogens is 318 g/mol. The standard InChI is InChI=1S/C18H27N5O2/c1-2-20-18(21-9-5-11-23-10-4-8-16(23)24)22-13-14-6-3-7-15(12-14)17(19)25/h3,6-7,12H,2,4-5,8-11,13H2,1H3,(H2,19,25)(H2,20,21,22).